The summed E-state index contributed by atoms with van der Waals surface area (Å²) >= 11 is 0. The summed E-state index contributed by atoms with van der Waals surface area (Å²) in [5.41, 5.74) is 0. The van der Waals surface area contributed by atoms with Gasteiger partial charge in [0.05, 0.1) is 0 Å². The summed E-state index contributed by atoms with van der Waals surface area (Å²) in [4.78, 5) is 0. The lowest BCUT2D eigenvalue weighted by Crippen LogP contribution is -2.62. The first kappa shape index (κ1) is 12.8. The molecule has 0 aromatic rings. The van der Waals surface area contributed by atoms with Crippen LogP contribution in [0.2, 0.25) is 0 Å². The van der Waals surface area contributed by atoms with Crippen molar-refractivity contribution in [3.8, 4) is 0 Å². The van der Waals surface area contributed by atoms with Crippen LogP contribution in [0.4, 0.5) is 0 Å². The Hall–Kier alpha value is -0.240. The molecule has 1 heterocycles. The lowest BCUT2D eigenvalue weighted by atomic mass is 9.85. The van der Waals surface area contributed by atoms with Crippen LogP contribution in [0.1, 0.15) is 32.1 Å². The lowest BCUT2D eigenvalue weighted by Gasteiger charge is -2.38. The summed E-state index contributed by atoms with van der Waals surface area (Å²) in [6.07, 6.45) is -2.24. The highest BCUT2D eigenvalue weighted by molar-refractivity contribution is 5.04. The minimum Gasteiger partial charge on any atom is -0.387 e. The van der Waals surface area contributed by atoms with E-state index in [1.165, 1.54) is 0 Å². The molecule has 3 rings (SSSR count). The molecule has 0 aromatic heterocycles. The zero-order valence-corrected chi connectivity index (χ0v) is 10.1. The number of ether oxygens (including phenoxy) is 2. The average molecular weight is 260 g/mol. The Kier molecular flexibility index (Phi) is 3.12. The molecule has 4 N–H and O–H groups in total. The Morgan fingerprint density at radius 1 is 0.667 bits per heavy atom. The number of rotatable bonds is 0. The maximum atomic E-state index is 9.92. The van der Waals surface area contributed by atoms with E-state index in [1.807, 2.05) is 0 Å². The first-order valence-corrected chi connectivity index (χ1v) is 6.62. The van der Waals surface area contributed by atoms with Crippen LogP contribution in [-0.2, 0) is 9.47 Å². The number of aliphatic hydroxyl groups is 4. The van der Waals surface area contributed by atoms with Crippen molar-refractivity contribution >= 4 is 0 Å². The largest absolute Gasteiger partial charge is 0.387 e. The Bertz CT molecular complexity index is 292. The van der Waals surface area contributed by atoms with Crippen LogP contribution in [0.3, 0.4) is 0 Å². The van der Waals surface area contributed by atoms with Crippen molar-refractivity contribution in [1.82, 2.24) is 0 Å². The molecule has 6 heteroatoms. The molecule has 0 amide bonds. The predicted octanol–water partition coefficient (Wildman–Crippen LogP) is -1.11. The molecule has 0 aromatic carbocycles. The van der Waals surface area contributed by atoms with Crippen LogP contribution in [0.15, 0.2) is 0 Å². The second-order valence-electron chi connectivity index (χ2n) is 5.60. The molecule has 18 heavy (non-hydrogen) atoms. The van der Waals surface area contributed by atoms with Crippen molar-refractivity contribution in [2.24, 2.45) is 0 Å². The van der Waals surface area contributed by atoms with Gasteiger partial charge in [-0.1, -0.05) is 6.42 Å². The summed E-state index contributed by atoms with van der Waals surface area (Å²) in [5.74, 6) is -0.751. The van der Waals surface area contributed by atoms with Gasteiger partial charge >= 0.3 is 0 Å². The fraction of sp³-hybridized carbons (Fsp3) is 1.00. The molecule has 1 unspecified atom stereocenters. The van der Waals surface area contributed by atoms with Crippen molar-refractivity contribution in [1.29, 1.82) is 0 Å². The monoisotopic (exact) mass is 260 g/mol. The van der Waals surface area contributed by atoms with E-state index in [9.17, 15) is 20.4 Å². The van der Waals surface area contributed by atoms with Gasteiger partial charge in [-0.15, -0.1) is 0 Å². The Labute approximate surface area is 105 Å². The minimum absolute atomic E-state index is 0.728. The second-order valence-corrected chi connectivity index (χ2v) is 5.60. The molecular weight excluding hydrogens is 240 g/mol. The van der Waals surface area contributed by atoms with Gasteiger partial charge in [0.15, 0.2) is 5.79 Å². The summed E-state index contributed by atoms with van der Waals surface area (Å²) < 4.78 is 11.6. The van der Waals surface area contributed by atoms with Gasteiger partial charge in [0.2, 0.25) is 0 Å². The highest BCUT2D eigenvalue weighted by Crippen LogP contribution is 2.44. The standard InChI is InChI=1S/C12H20O6/c13-6-7(14)9(16)11-10(8(6)15)17-12(18-11)4-2-1-3-5-12/h6-11,13-16H,1-5H2/t6-,7+,8+,9-,10-,11?/m1/s1. The zero-order valence-electron chi connectivity index (χ0n) is 10.1. The Balaban J connectivity index is 1.82. The first-order chi connectivity index (χ1) is 8.54. The van der Waals surface area contributed by atoms with Gasteiger partial charge < -0.3 is 29.9 Å². The molecule has 1 saturated heterocycles. The highest BCUT2D eigenvalue weighted by atomic mass is 16.8. The van der Waals surface area contributed by atoms with Crippen LogP contribution in [0, 0.1) is 0 Å². The third kappa shape index (κ3) is 1.79. The van der Waals surface area contributed by atoms with Crippen LogP contribution < -0.4 is 0 Å². The van der Waals surface area contributed by atoms with Crippen molar-refractivity contribution in [2.75, 3.05) is 0 Å². The lowest BCUT2D eigenvalue weighted by molar-refractivity contribution is -0.203. The maximum Gasteiger partial charge on any atom is 0.169 e. The molecule has 2 saturated carbocycles. The Morgan fingerprint density at radius 3 is 1.56 bits per heavy atom. The van der Waals surface area contributed by atoms with E-state index in [2.05, 4.69) is 0 Å². The fourth-order valence-corrected chi connectivity index (χ4v) is 3.30. The van der Waals surface area contributed by atoms with Crippen LogP contribution in [-0.4, -0.2) is 62.8 Å². The summed E-state index contributed by atoms with van der Waals surface area (Å²) in [7, 11) is 0. The maximum absolute atomic E-state index is 9.92. The summed E-state index contributed by atoms with van der Waals surface area (Å²) in [5, 5.41) is 39.2. The number of hydrogen-bond donors (Lipinski definition) is 4. The van der Waals surface area contributed by atoms with Gasteiger partial charge in [-0.3, -0.25) is 0 Å². The molecule has 0 radical (unpaired) electrons. The fourth-order valence-electron chi connectivity index (χ4n) is 3.30. The molecule has 1 aliphatic heterocycles. The van der Waals surface area contributed by atoms with Crippen molar-refractivity contribution < 1.29 is 29.9 Å². The van der Waals surface area contributed by atoms with Crippen LogP contribution in [0.5, 0.6) is 0 Å². The van der Waals surface area contributed by atoms with Gasteiger partial charge in [-0.25, -0.2) is 0 Å². The average Bonchev–Trinajstić information content (AvgIpc) is 2.74. The van der Waals surface area contributed by atoms with E-state index in [1.54, 1.807) is 0 Å². The van der Waals surface area contributed by atoms with E-state index in [-0.39, 0.29) is 0 Å². The van der Waals surface area contributed by atoms with E-state index in [4.69, 9.17) is 9.47 Å². The number of aliphatic hydroxyl groups excluding tert-OH is 4. The Morgan fingerprint density at radius 2 is 1.11 bits per heavy atom. The van der Waals surface area contributed by atoms with Gasteiger partial charge in [-0.05, 0) is 12.8 Å². The molecule has 3 aliphatic rings. The van der Waals surface area contributed by atoms with Gasteiger partial charge in [0, 0.05) is 12.8 Å². The topological polar surface area (TPSA) is 99.4 Å². The van der Waals surface area contributed by atoms with Gasteiger partial charge in [0.25, 0.3) is 0 Å². The van der Waals surface area contributed by atoms with Crippen LogP contribution in [0.25, 0.3) is 0 Å². The normalized spacial score (nSPS) is 51.3. The summed E-state index contributed by atoms with van der Waals surface area (Å²) in [6, 6.07) is 0. The van der Waals surface area contributed by atoms with Crippen molar-refractivity contribution in [3.63, 3.8) is 0 Å². The minimum atomic E-state index is -1.40. The highest BCUT2D eigenvalue weighted by Gasteiger charge is 2.59. The zero-order chi connectivity index (χ0) is 12.9. The third-order valence-corrected chi connectivity index (χ3v) is 4.36. The van der Waals surface area contributed by atoms with Gasteiger partial charge in [-0.2, -0.15) is 0 Å². The van der Waals surface area contributed by atoms with E-state index < -0.39 is 42.4 Å². The molecule has 6 atom stereocenters. The molecule has 6 nitrogen and oxygen atoms in total. The third-order valence-electron chi connectivity index (χ3n) is 4.36. The smallest absolute Gasteiger partial charge is 0.169 e. The molecule has 2 aliphatic carbocycles. The molecule has 1 spiro atoms. The summed E-state index contributed by atoms with van der Waals surface area (Å²) in [6.45, 7) is 0. The second kappa shape index (κ2) is 4.40. The predicted molar refractivity (Wildman–Crippen MR) is 59.6 cm³/mol. The SMILES string of the molecule is O[C@@H]1[C@H](O)[C@@H](O)C2OC3(CCCCC3)O[C@@H]2[C@H]1O. The van der Waals surface area contributed by atoms with E-state index in [0.29, 0.717) is 0 Å². The van der Waals surface area contributed by atoms with Crippen molar-refractivity contribution in [2.45, 2.75) is 74.5 Å². The first-order valence-electron chi connectivity index (χ1n) is 6.62. The van der Waals surface area contributed by atoms with Gasteiger partial charge in [0.1, 0.15) is 36.6 Å². The quantitative estimate of drug-likeness (QED) is 0.441. The number of hydrogen-bond acceptors (Lipinski definition) is 6. The van der Waals surface area contributed by atoms with Crippen molar-refractivity contribution in [3.05, 3.63) is 0 Å². The van der Waals surface area contributed by atoms with E-state index in [0.717, 1.165) is 32.1 Å². The number of fused-ring (bicyclic) bond motifs is 1. The van der Waals surface area contributed by atoms with Crippen LogP contribution >= 0.6 is 0 Å². The molecule has 3 fully saturated rings. The molecule has 104 valence electrons. The van der Waals surface area contributed by atoms with E-state index >= 15 is 0 Å². The molecule has 0 bridgehead atoms. The molecular formula is C12H20O6.